The standard InChI is InChI=1S/C9H14N2O/c12-7-10-5-8-3-4-11(6-8)9-1-2-9/h8-9H,1-6H2. The molecule has 0 aromatic rings. The third-order valence-electron chi connectivity index (χ3n) is 2.79. The van der Waals surface area contributed by atoms with E-state index in [2.05, 4.69) is 9.89 Å². The third kappa shape index (κ3) is 1.74. The van der Waals surface area contributed by atoms with Crippen LogP contribution in [0, 0.1) is 5.92 Å². The second-order valence-electron chi connectivity index (χ2n) is 3.81. The molecule has 0 spiro atoms. The fourth-order valence-electron chi connectivity index (χ4n) is 1.95. The van der Waals surface area contributed by atoms with Gasteiger partial charge in [-0.1, -0.05) is 0 Å². The van der Waals surface area contributed by atoms with E-state index in [1.54, 1.807) is 6.08 Å². The van der Waals surface area contributed by atoms with Crippen LogP contribution in [0.3, 0.4) is 0 Å². The lowest BCUT2D eigenvalue weighted by Crippen LogP contribution is -2.23. The SMILES string of the molecule is O=C=NCC1CCN(C2CC2)C1. The van der Waals surface area contributed by atoms with Crippen molar-refractivity contribution in [3.05, 3.63) is 0 Å². The Labute approximate surface area is 72.5 Å². The van der Waals surface area contributed by atoms with E-state index in [-0.39, 0.29) is 0 Å². The van der Waals surface area contributed by atoms with Crippen molar-refractivity contribution >= 4 is 6.08 Å². The van der Waals surface area contributed by atoms with E-state index < -0.39 is 0 Å². The van der Waals surface area contributed by atoms with Gasteiger partial charge in [-0.25, -0.2) is 9.79 Å². The predicted octanol–water partition coefficient (Wildman–Crippen LogP) is 0.806. The average molecular weight is 166 g/mol. The van der Waals surface area contributed by atoms with E-state index in [1.165, 1.54) is 25.8 Å². The fraction of sp³-hybridized carbons (Fsp3) is 0.889. The van der Waals surface area contributed by atoms with Crippen LogP contribution in [0.2, 0.25) is 0 Å². The second kappa shape index (κ2) is 3.38. The molecular weight excluding hydrogens is 152 g/mol. The highest BCUT2D eigenvalue weighted by atomic mass is 16.1. The molecule has 12 heavy (non-hydrogen) atoms. The molecule has 1 aliphatic carbocycles. The molecule has 0 N–H and O–H groups in total. The van der Waals surface area contributed by atoms with Gasteiger partial charge in [-0.05, 0) is 31.7 Å². The molecule has 3 nitrogen and oxygen atoms in total. The van der Waals surface area contributed by atoms with Gasteiger partial charge in [-0.2, -0.15) is 0 Å². The van der Waals surface area contributed by atoms with Gasteiger partial charge in [0.1, 0.15) is 0 Å². The summed E-state index contributed by atoms with van der Waals surface area (Å²) < 4.78 is 0. The molecule has 2 aliphatic rings. The minimum atomic E-state index is 0.618. The highest BCUT2D eigenvalue weighted by Gasteiger charge is 2.33. The van der Waals surface area contributed by atoms with Crippen LogP contribution in [-0.4, -0.2) is 36.7 Å². The molecule has 1 aliphatic heterocycles. The Morgan fingerprint density at radius 1 is 1.42 bits per heavy atom. The van der Waals surface area contributed by atoms with Gasteiger partial charge in [-0.3, -0.25) is 0 Å². The van der Waals surface area contributed by atoms with Gasteiger partial charge in [0, 0.05) is 12.6 Å². The number of likely N-dealkylation sites (tertiary alicyclic amines) is 1. The lowest BCUT2D eigenvalue weighted by Gasteiger charge is -2.13. The van der Waals surface area contributed by atoms with Crippen molar-refractivity contribution in [3.8, 4) is 0 Å². The molecule has 1 saturated heterocycles. The molecular formula is C9H14N2O. The maximum atomic E-state index is 9.88. The summed E-state index contributed by atoms with van der Waals surface area (Å²) in [5, 5.41) is 0. The molecule has 66 valence electrons. The summed E-state index contributed by atoms with van der Waals surface area (Å²) in [4.78, 5) is 16.1. The summed E-state index contributed by atoms with van der Waals surface area (Å²) in [6, 6.07) is 0.871. The topological polar surface area (TPSA) is 32.7 Å². The van der Waals surface area contributed by atoms with Crippen molar-refractivity contribution in [3.63, 3.8) is 0 Å². The predicted molar refractivity (Wildman–Crippen MR) is 45.7 cm³/mol. The van der Waals surface area contributed by atoms with Gasteiger partial charge in [0.25, 0.3) is 0 Å². The van der Waals surface area contributed by atoms with Gasteiger partial charge in [0.2, 0.25) is 6.08 Å². The zero-order valence-corrected chi connectivity index (χ0v) is 7.20. The normalized spacial score (nSPS) is 30.2. The quantitative estimate of drug-likeness (QED) is 0.459. The van der Waals surface area contributed by atoms with E-state index in [9.17, 15) is 4.79 Å². The number of rotatable bonds is 3. The van der Waals surface area contributed by atoms with Gasteiger partial charge < -0.3 is 4.90 Å². The zero-order valence-electron chi connectivity index (χ0n) is 7.20. The van der Waals surface area contributed by atoms with Crippen LogP contribution in [0.25, 0.3) is 0 Å². The Morgan fingerprint density at radius 3 is 2.92 bits per heavy atom. The second-order valence-corrected chi connectivity index (χ2v) is 3.81. The highest BCUT2D eigenvalue weighted by Crippen LogP contribution is 2.31. The third-order valence-corrected chi connectivity index (χ3v) is 2.79. The number of nitrogens with zero attached hydrogens (tertiary/aromatic N) is 2. The first-order valence-electron chi connectivity index (χ1n) is 4.68. The smallest absolute Gasteiger partial charge is 0.234 e. The fourth-order valence-corrected chi connectivity index (χ4v) is 1.95. The molecule has 2 fully saturated rings. The molecule has 3 heteroatoms. The van der Waals surface area contributed by atoms with Crippen molar-refractivity contribution in [2.45, 2.75) is 25.3 Å². The van der Waals surface area contributed by atoms with E-state index in [1.807, 2.05) is 0 Å². The van der Waals surface area contributed by atoms with Crippen LogP contribution in [0.15, 0.2) is 4.99 Å². The number of isocyanates is 1. The molecule has 0 bridgehead atoms. The molecule has 0 aromatic carbocycles. The Balaban J connectivity index is 1.76. The molecule has 1 atom stereocenters. The Hall–Kier alpha value is -0.660. The summed E-state index contributed by atoms with van der Waals surface area (Å²) in [6.07, 6.45) is 5.58. The van der Waals surface area contributed by atoms with Crippen LogP contribution in [-0.2, 0) is 4.79 Å². The molecule has 1 heterocycles. The number of hydrogen-bond donors (Lipinski definition) is 0. The maximum absolute atomic E-state index is 9.88. The Kier molecular flexibility index (Phi) is 2.24. The molecule has 0 aromatic heterocycles. The van der Waals surface area contributed by atoms with Crippen LogP contribution in [0.5, 0.6) is 0 Å². The van der Waals surface area contributed by atoms with Crippen LogP contribution >= 0.6 is 0 Å². The first-order chi connectivity index (χ1) is 5.90. The Morgan fingerprint density at radius 2 is 2.25 bits per heavy atom. The van der Waals surface area contributed by atoms with Crippen molar-refractivity contribution in [1.29, 1.82) is 0 Å². The molecule has 0 radical (unpaired) electrons. The van der Waals surface area contributed by atoms with Crippen molar-refractivity contribution in [2.75, 3.05) is 19.6 Å². The van der Waals surface area contributed by atoms with E-state index >= 15 is 0 Å². The van der Waals surface area contributed by atoms with Crippen molar-refractivity contribution < 1.29 is 4.79 Å². The average Bonchev–Trinajstić information content (AvgIpc) is 2.83. The van der Waals surface area contributed by atoms with E-state index in [0.717, 1.165) is 12.6 Å². The van der Waals surface area contributed by atoms with E-state index in [0.29, 0.717) is 12.5 Å². The summed E-state index contributed by atoms with van der Waals surface area (Å²) in [5.74, 6) is 0.618. The highest BCUT2D eigenvalue weighted by molar-refractivity contribution is 5.32. The maximum Gasteiger partial charge on any atom is 0.234 e. The van der Waals surface area contributed by atoms with Gasteiger partial charge in [0.15, 0.2) is 0 Å². The monoisotopic (exact) mass is 166 g/mol. The van der Waals surface area contributed by atoms with Crippen LogP contribution < -0.4 is 0 Å². The Bertz CT molecular complexity index is 207. The first-order valence-corrected chi connectivity index (χ1v) is 4.68. The summed E-state index contributed by atoms with van der Waals surface area (Å²) in [5.41, 5.74) is 0. The van der Waals surface area contributed by atoms with E-state index in [4.69, 9.17) is 0 Å². The summed E-state index contributed by atoms with van der Waals surface area (Å²) >= 11 is 0. The van der Waals surface area contributed by atoms with Crippen molar-refractivity contribution in [2.24, 2.45) is 10.9 Å². The minimum absolute atomic E-state index is 0.618. The van der Waals surface area contributed by atoms with Crippen LogP contribution in [0.1, 0.15) is 19.3 Å². The van der Waals surface area contributed by atoms with Gasteiger partial charge in [0.05, 0.1) is 6.54 Å². The molecule has 1 saturated carbocycles. The van der Waals surface area contributed by atoms with Crippen molar-refractivity contribution in [1.82, 2.24) is 4.90 Å². The molecule has 2 rings (SSSR count). The lowest BCUT2D eigenvalue weighted by atomic mass is 10.1. The largest absolute Gasteiger partial charge is 0.300 e. The van der Waals surface area contributed by atoms with Crippen LogP contribution in [0.4, 0.5) is 0 Å². The summed E-state index contributed by atoms with van der Waals surface area (Å²) in [6.45, 7) is 3.05. The number of carbonyl (C=O) groups excluding carboxylic acids is 1. The molecule has 0 amide bonds. The number of aliphatic imine (C=N–C) groups is 1. The molecule has 1 unspecified atom stereocenters. The van der Waals surface area contributed by atoms with Gasteiger partial charge >= 0.3 is 0 Å². The first kappa shape index (κ1) is 7.96. The lowest BCUT2D eigenvalue weighted by molar-refractivity contribution is 0.315. The summed E-state index contributed by atoms with van der Waals surface area (Å²) in [7, 11) is 0. The minimum Gasteiger partial charge on any atom is -0.300 e. The zero-order chi connectivity index (χ0) is 8.39. The number of hydrogen-bond acceptors (Lipinski definition) is 3. The van der Waals surface area contributed by atoms with Gasteiger partial charge in [-0.15, -0.1) is 0 Å².